The van der Waals surface area contributed by atoms with E-state index in [9.17, 15) is 4.79 Å². The van der Waals surface area contributed by atoms with Gasteiger partial charge in [-0.1, -0.05) is 42.5 Å². The van der Waals surface area contributed by atoms with Gasteiger partial charge in [0, 0.05) is 12.1 Å². The second kappa shape index (κ2) is 8.63. The lowest BCUT2D eigenvalue weighted by molar-refractivity contribution is -0.138. The van der Waals surface area contributed by atoms with E-state index in [1.54, 1.807) is 12.4 Å². The number of carboxylic acids is 1. The predicted octanol–water partition coefficient (Wildman–Crippen LogP) is 3.33. The summed E-state index contributed by atoms with van der Waals surface area (Å²) in [6.45, 7) is 4.89. The number of nitrogens with two attached hydrogens (primary N) is 1. The molecular weight excluding hydrogens is 352 g/mol. The standard InChI is InChI=1S/C22H24N4O2/c1-14-3-4-17(9-15(14)2)11-25-21-13-24-20(12-26-21)18-7-5-16(6-8-18)10-19(23)22(27)28/h3-9,12-13,19H,10-11,23H2,1-2H3,(H,25,26)(H,27,28)/t19-/m0/s1. The van der Waals surface area contributed by atoms with Crippen molar-refractivity contribution in [2.24, 2.45) is 5.73 Å². The fourth-order valence-corrected chi connectivity index (χ4v) is 2.83. The van der Waals surface area contributed by atoms with E-state index in [0.29, 0.717) is 18.8 Å². The van der Waals surface area contributed by atoms with Crippen molar-refractivity contribution in [1.82, 2.24) is 9.97 Å². The zero-order valence-electron chi connectivity index (χ0n) is 16.0. The number of hydrogen-bond donors (Lipinski definition) is 3. The summed E-state index contributed by atoms with van der Waals surface area (Å²) in [7, 11) is 0. The molecule has 144 valence electrons. The molecule has 1 aromatic heterocycles. The zero-order chi connectivity index (χ0) is 20.1. The van der Waals surface area contributed by atoms with E-state index in [2.05, 4.69) is 47.3 Å². The van der Waals surface area contributed by atoms with Crippen LogP contribution in [0.5, 0.6) is 0 Å². The molecule has 0 unspecified atom stereocenters. The maximum Gasteiger partial charge on any atom is 0.320 e. The molecule has 0 aliphatic carbocycles. The van der Waals surface area contributed by atoms with Crippen molar-refractivity contribution in [3.8, 4) is 11.3 Å². The number of anilines is 1. The van der Waals surface area contributed by atoms with E-state index in [1.807, 2.05) is 24.3 Å². The van der Waals surface area contributed by atoms with E-state index in [1.165, 1.54) is 16.7 Å². The van der Waals surface area contributed by atoms with E-state index in [0.717, 1.165) is 16.8 Å². The Bertz CT molecular complexity index is 953. The minimum Gasteiger partial charge on any atom is -0.480 e. The molecule has 0 bridgehead atoms. The first-order valence-corrected chi connectivity index (χ1v) is 9.12. The van der Waals surface area contributed by atoms with Gasteiger partial charge in [0.1, 0.15) is 11.9 Å². The van der Waals surface area contributed by atoms with Crippen LogP contribution in [-0.4, -0.2) is 27.1 Å². The van der Waals surface area contributed by atoms with Crippen LogP contribution in [0.15, 0.2) is 54.9 Å². The minimum atomic E-state index is -1.00. The second-order valence-electron chi connectivity index (χ2n) is 6.90. The zero-order valence-corrected chi connectivity index (χ0v) is 16.0. The molecule has 2 aromatic carbocycles. The van der Waals surface area contributed by atoms with Crippen molar-refractivity contribution in [1.29, 1.82) is 0 Å². The van der Waals surface area contributed by atoms with Crippen LogP contribution in [0.2, 0.25) is 0 Å². The first-order chi connectivity index (χ1) is 13.4. The Morgan fingerprint density at radius 3 is 2.36 bits per heavy atom. The maximum atomic E-state index is 10.9. The third kappa shape index (κ3) is 4.92. The molecule has 3 aromatic rings. The van der Waals surface area contributed by atoms with E-state index in [-0.39, 0.29) is 0 Å². The third-order valence-corrected chi connectivity index (χ3v) is 4.72. The molecule has 0 aliphatic rings. The topological polar surface area (TPSA) is 101 Å². The summed E-state index contributed by atoms with van der Waals surface area (Å²) in [4.78, 5) is 19.8. The van der Waals surface area contributed by atoms with Crippen molar-refractivity contribution in [2.75, 3.05) is 5.32 Å². The summed E-state index contributed by atoms with van der Waals surface area (Å²) in [6.07, 6.45) is 3.73. The van der Waals surface area contributed by atoms with Crippen LogP contribution in [0.4, 0.5) is 5.82 Å². The third-order valence-electron chi connectivity index (χ3n) is 4.72. The molecule has 0 aliphatic heterocycles. The smallest absolute Gasteiger partial charge is 0.320 e. The van der Waals surface area contributed by atoms with Gasteiger partial charge < -0.3 is 16.2 Å². The van der Waals surface area contributed by atoms with E-state index < -0.39 is 12.0 Å². The van der Waals surface area contributed by atoms with Crippen LogP contribution in [0.3, 0.4) is 0 Å². The van der Waals surface area contributed by atoms with Crippen molar-refractivity contribution < 1.29 is 9.90 Å². The molecule has 28 heavy (non-hydrogen) atoms. The Morgan fingerprint density at radius 2 is 1.75 bits per heavy atom. The number of aryl methyl sites for hydroxylation is 2. The Morgan fingerprint density at radius 1 is 1.04 bits per heavy atom. The van der Waals surface area contributed by atoms with E-state index in [4.69, 9.17) is 10.8 Å². The lowest BCUT2D eigenvalue weighted by Crippen LogP contribution is -2.32. The number of rotatable bonds is 7. The molecule has 1 heterocycles. The summed E-state index contributed by atoms with van der Waals surface area (Å²) in [5, 5.41) is 12.2. The Labute approximate surface area is 164 Å². The van der Waals surface area contributed by atoms with Crippen LogP contribution in [-0.2, 0) is 17.8 Å². The maximum absolute atomic E-state index is 10.9. The fourth-order valence-electron chi connectivity index (χ4n) is 2.83. The van der Waals surface area contributed by atoms with Crippen LogP contribution in [0.1, 0.15) is 22.3 Å². The summed E-state index contributed by atoms with van der Waals surface area (Å²) in [5.41, 5.74) is 11.9. The number of aliphatic carboxylic acids is 1. The number of carboxylic acid groups (broad SMARTS) is 1. The van der Waals surface area contributed by atoms with Crippen molar-refractivity contribution in [2.45, 2.75) is 32.9 Å². The second-order valence-corrected chi connectivity index (χ2v) is 6.90. The van der Waals surface area contributed by atoms with Crippen molar-refractivity contribution in [3.05, 3.63) is 77.1 Å². The van der Waals surface area contributed by atoms with Gasteiger partial charge in [-0.15, -0.1) is 0 Å². The highest BCUT2D eigenvalue weighted by Crippen LogP contribution is 2.18. The summed E-state index contributed by atoms with van der Waals surface area (Å²) in [6, 6.07) is 13.0. The van der Waals surface area contributed by atoms with Crippen LogP contribution in [0, 0.1) is 13.8 Å². The lowest BCUT2D eigenvalue weighted by atomic mass is 10.0. The fraction of sp³-hybridized carbons (Fsp3) is 0.227. The Kier molecular flexibility index (Phi) is 6.01. The number of nitrogens with zero attached hydrogens (tertiary/aromatic N) is 2. The molecule has 0 radical (unpaired) electrons. The van der Waals surface area contributed by atoms with Gasteiger partial charge >= 0.3 is 5.97 Å². The van der Waals surface area contributed by atoms with Gasteiger partial charge in [0.15, 0.2) is 0 Å². The van der Waals surface area contributed by atoms with Gasteiger partial charge in [0.25, 0.3) is 0 Å². The molecule has 6 heteroatoms. The molecule has 0 amide bonds. The number of benzene rings is 2. The highest BCUT2D eigenvalue weighted by molar-refractivity contribution is 5.73. The molecule has 0 saturated carbocycles. The summed E-state index contributed by atoms with van der Waals surface area (Å²) in [5.74, 6) is -0.287. The average molecular weight is 376 g/mol. The highest BCUT2D eigenvalue weighted by atomic mass is 16.4. The predicted molar refractivity (Wildman–Crippen MR) is 110 cm³/mol. The van der Waals surface area contributed by atoms with Crippen LogP contribution in [0.25, 0.3) is 11.3 Å². The molecule has 6 nitrogen and oxygen atoms in total. The van der Waals surface area contributed by atoms with Crippen molar-refractivity contribution >= 4 is 11.8 Å². The SMILES string of the molecule is Cc1ccc(CNc2cnc(-c3ccc(C[C@H](N)C(=O)O)cc3)cn2)cc1C. The summed E-state index contributed by atoms with van der Waals surface area (Å²) >= 11 is 0. The van der Waals surface area contributed by atoms with Gasteiger partial charge in [-0.2, -0.15) is 0 Å². The number of nitrogens with one attached hydrogen (secondary N) is 1. The molecule has 4 N–H and O–H groups in total. The molecule has 0 saturated heterocycles. The Balaban J connectivity index is 1.62. The number of aromatic nitrogens is 2. The molecule has 0 spiro atoms. The summed E-state index contributed by atoms with van der Waals surface area (Å²) < 4.78 is 0. The van der Waals surface area contributed by atoms with Gasteiger partial charge in [-0.3, -0.25) is 9.78 Å². The monoisotopic (exact) mass is 376 g/mol. The Hall–Kier alpha value is -3.25. The minimum absolute atomic E-state index is 0.294. The van der Waals surface area contributed by atoms with Crippen LogP contribution >= 0.6 is 0 Å². The van der Waals surface area contributed by atoms with Gasteiger partial charge in [-0.25, -0.2) is 4.98 Å². The van der Waals surface area contributed by atoms with Crippen LogP contribution < -0.4 is 11.1 Å². The molecule has 0 fully saturated rings. The molecule has 3 rings (SSSR count). The van der Waals surface area contributed by atoms with Gasteiger partial charge in [-0.05, 0) is 42.5 Å². The largest absolute Gasteiger partial charge is 0.480 e. The van der Waals surface area contributed by atoms with Gasteiger partial charge in [0.2, 0.25) is 0 Å². The normalized spacial score (nSPS) is 11.8. The number of hydrogen-bond acceptors (Lipinski definition) is 5. The highest BCUT2D eigenvalue weighted by Gasteiger charge is 2.12. The number of carbonyl (C=O) groups is 1. The first-order valence-electron chi connectivity index (χ1n) is 9.12. The quantitative estimate of drug-likeness (QED) is 0.585. The molecular formula is C22H24N4O2. The van der Waals surface area contributed by atoms with Gasteiger partial charge in [0.05, 0.1) is 18.1 Å². The molecule has 1 atom stereocenters. The average Bonchev–Trinajstić information content (AvgIpc) is 2.70. The lowest BCUT2D eigenvalue weighted by Gasteiger charge is -2.09. The van der Waals surface area contributed by atoms with E-state index >= 15 is 0 Å². The first kappa shape index (κ1) is 19.5. The van der Waals surface area contributed by atoms with Crippen molar-refractivity contribution in [3.63, 3.8) is 0 Å².